The van der Waals surface area contributed by atoms with E-state index in [1.807, 2.05) is 0 Å². The van der Waals surface area contributed by atoms with Gasteiger partial charge in [0, 0.05) is 18.5 Å². The molecule has 8 heteroatoms. The maximum Gasteiger partial charge on any atom is 0.416 e. The molecule has 2 N–H and O–H groups in total. The van der Waals surface area contributed by atoms with E-state index in [-0.39, 0.29) is 12.1 Å². The van der Waals surface area contributed by atoms with Crippen LogP contribution < -0.4 is 5.32 Å². The van der Waals surface area contributed by atoms with Crippen molar-refractivity contribution in [3.05, 3.63) is 29.8 Å². The molecule has 0 aliphatic rings. The molecule has 2 unspecified atom stereocenters. The van der Waals surface area contributed by atoms with Gasteiger partial charge in [0.05, 0.1) is 17.7 Å². The smallest absolute Gasteiger partial charge is 0.393 e. The summed E-state index contributed by atoms with van der Waals surface area (Å²) in [6.07, 6.45) is -6.06. The molecule has 0 aliphatic heterocycles. The van der Waals surface area contributed by atoms with Crippen LogP contribution in [0.15, 0.2) is 24.3 Å². The van der Waals surface area contributed by atoms with Gasteiger partial charge < -0.3 is 10.4 Å². The van der Waals surface area contributed by atoms with Gasteiger partial charge in [-0.05, 0) is 31.2 Å². The lowest BCUT2D eigenvalue weighted by atomic mass is 9.97. The minimum atomic E-state index is -4.47. The average molecular weight is 328 g/mol. The van der Waals surface area contributed by atoms with Crippen LogP contribution in [0.1, 0.15) is 25.3 Å². The van der Waals surface area contributed by atoms with E-state index in [0.29, 0.717) is 0 Å². The topological polar surface area (TPSA) is 90.2 Å². The molecule has 1 amide bonds. The maximum absolute atomic E-state index is 12.4. The number of Topliss-reactive ketones (excluding diaryl/α,β-unsaturated/α-hetero) is 1. The molecule has 0 heterocycles. The van der Waals surface area contributed by atoms with Crippen LogP contribution in [0, 0.1) is 17.2 Å². The number of halogens is 3. The van der Waals surface area contributed by atoms with E-state index in [1.165, 1.54) is 6.92 Å². The SMILES string of the molecule is CC(O)CC(=O)C(C#N)CC(=O)Nc1ccc(C(F)(F)F)cc1. The summed E-state index contributed by atoms with van der Waals surface area (Å²) >= 11 is 0. The molecule has 0 fully saturated rings. The molecule has 0 aromatic heterocycles. The average Bonchev–Trinajstić information content (AvgIpc) is 2.43. The molecule has 2 atom stereocenters. The molecule has 1 rings (SSSR count). The summed E-state index contributed by atoms with van der Waals surface area (Å²) in [5, 5.41) is 20.3. The highest BCUT2D eigenvalue weighted by Gasteiger charge is 2.30. The Labute approximate surface area is 130 Å². The molecular formula is C15H15F3N2O3. The number of benzene rings is 1. The summed E-state index contributed by atoms with van der Waals surface area (Å²) < 4.78 is 37.2. The second-order valence-corrected chi connectivity index (χ2v) is 5.03. The first kappa shape index (κ1) is 18.6. The lowest BCUT2D eigenvalue weighted by Crippen LogP contribution is -2.23. The molecule has 0 bridgehead atoms. The van der Waals surface area contributed by atoms with Gasteiger partial charge in [0.25, 0.3) is 0 Å². The first-order valence-corrected chi connectivity index (χ1v) is 6.71. The highest BCUT2D eigenvalue weighted by Crippen LogP contribution is 2.29. The number of hydrogen-bond donors (Lipinski definition) is 2. The van der Waals surface area contributed by atoms with Crippen LogP contribution in [0.3, 0.4) is 0 Å². The van der Waals surface area contributed by atoms with Gasteiger partial charge in [-0.25, -0.2) is 0 Å². The Bertz CT molecular complexity index is 604. The number of ketones is 1. The van der Waals surface area contributed by atoms with Gasteiger partial charge >= 0.3 is 6.18 Å². The third kappa shape index (κ3) is 6.08. The van der Waals surface area contributed by atoms with Gasteiger partial charge in [-0.15, -0.1) is 0 Å². The Morgan fingerprint density at radius 3 is 2.26 bits per heavy atom. The van der Waals surface area contributed by atoms with E-state index in [0.717, 1.165) is 24.3 Å². The van der Waals surface area contributed by atoms with Crippen molar-refractivity contribution in [2.24, 2.45) is 5.92 Å². The number of aliphatic hydroxyl groups is 1. The van der Waals surface area contributed by atoms with E-state index in [1.54, 1.807) is 6.07 Å². The monoisotopic (exact) mass is 328 g/mol. The van der Waals surface area contributed by atoms with Crippen LogP contribution in [0.4, 0.5) is 18.9 Å². The van der Waals surface area contributed by atoms with Crippen molar-refractivity contribution in [2.45, 2.75) is 32.0 Å². The zero-order chi connectivity index (χ0) is 17.6. The third-order valence-corrected chi connectivity index (χ3v) is 2.93. The van der Waals surface area contributed by atoms with E-state index in [9.17, 15) is 22.8 Å². The highest BCUT2D eigenvalue weighted by atomic mass is 19.4. The number of alkyl halides is 3. The zero-order valence-corrected chi connectivity index (χ0v) is 12.2. The minimum Gasteiger partial charge on any atom is -0.393 e. The summed E-state index contributed by atoms with van der Waals surface area (Å²) in [6, 6.07) is 5.48. The van der Waals surface area contributed by atoms with Crippen molar-refractivity contribution in [3.63, 3.8) is 0 Å². The molecule has 0 saturated heterocycles. The largest absolute Gasteiger partial charge is 0.416 e. The number of anilines is 1. The second kappa shape index (κ2) is 7.74. The number of carbonyl (C=O) groups is 2. The lowest BCUT2D eigenvalue weighted by Gasteiger charge is -2.11. The van der Waals surface area contributed by atoms with E-state index >= 15 is 0 Å². The fraction of sp³-hybridized carbons (Fsp3) is 0.400. The standard InChI is InChI=1S/C15H15F3N2O3/c1-9(21)6-13(22)10(8-19)7-14(23)20-12-4-2-11(3-5-12)15(16,17)18/h2-5,9-10,21H,6-7H2,1H3,(H,20,23). The van der Waals surface area contributed by atoms with Crippen LogP contribution in [-0.2, 0) is 15.8 Å². The first-order valence-electron chi connectivity index (χ1n) is 6.71. The maximum atomic E-state index is 12.4. The predicted molar refractivity (Wildman–Crippen MR) is 75.1 cm³/mol. The minimum absolute atomic E-state index is 0.127. The van der Waals surface area contributed by atoms with E-state index in [4.69, 9.17) is 10.4 Å². The molecule has 0 saturated carbocycles. The van der Waals surface area contributed by atoms with Crippen molar-refractivity contribution < 1.29 is 27.9 Å². The first-order chi connectivity index (χ1) is 10.6. The van der Waals surface area contributed by atoms with Crippen molar-refractivity contribution in [2.75, 3.05) is 5.32 Å². The molecule has 0 aliphatic carbocycles. The summed E-state index contributed by atoms with van der Waals surface area (Å²) in [7, 11) is 0. The Morgan fingerprint density at radius 2 is 1.83 bits per heavy atom. The Morgan fingerprint density at radius 1 is 1.26 bits per heavy atom. The van der Waals surface area contributed by atoms with Gasteiger partial charge in [-0.1, -0.05) is 0 Å². The van der Waals surface area contributed by atoms with Crippen LogP contribution >= 0.6 is 0 Å². The number of hydrogen-bond acceptors (Lipinski definition) is 4. The van der Waals surface area contributed by atoms with Gasteiger partial charge in [0.2, 0.25) is 5.91 Å². The summed E-state index contributed by atoms with van der Waals surface area (Å²) in [5.74, 6) is -2.45. The van der Waals surface area contributed by atoms with Crippen molar-refractivity contribution in [1.82, 2.24) is 0 Å². The Balaban J connectivity index is 2.65. The molecule has 23 heavy (non-hydrogen) atoms. The number of nitrogens with zero attached hydrogens (tertiary/aromatic N) is 1. The van der Waals surface area contributed by atoms with Crippen LogP contribution in [-0.4, -0.2) is 22.9 Å². The van der Waals surface area contributed by atoms with Crippen molar-refractivity contribution >= 4 is 17.4 Å². The third-order valence-electron chi connectivity index (χ3n) is 2.93. The number of amides is 1. The summed E-state index contributed by atoms with van der Waals surface area (Å²) in [5.41, 5.74) is -0.722. The predicted octanol–water partition coefficient (Wildman–Crippen LogP) is 2.51. The van der Waals surface area contributed by atoms with Gasteiger partial charge in [0.15, 0.2) is 5.78 Å². The van der Waals surface area contributed by atoms with Crippen LogP contribution in [0.2, 0.25) is 0 Å². The van der Waals surface area contributed by atoms with Crippen molar-refractivity contribution in [3.8, 4) is 6.07 Å². The van der Waals surface area contributed by atoms with Crippen LogP contribution in [0.25, 0.3) is 0 Å². The van der Waals surface area contributed by atoms with E-state index in [2.05, 4.69) is 5.32 Å². The second-order valence-electron chi connectivity index (χ2n) is 5.03. The molecule has 5 nitrogen and oxygen atoms in total. The lowest BCUT2D eigenvalue weighted by molar-refractivity contribution is -0.137. The normalized spacial score (nSPS) is 13.7. The number of rotatable bonds is 6. The quantitative estimate of drug-likeness (QED) is 0.839. The summed E-state index contributed by atoms with van der Waals surface area (Å²) in [6.45, 7) is 1.38. The number of aliphatic hydroxyl groups excluding tert-OH is 1. The fourth-order valence-electron chi connectivity index (χ4n) is 1.80. The molecule has 0 radical (unpaired) electrons. The molecule has 1 aromatic rings. The fourth-order valence-corrected chi connectivity index (χ4v) is 1.80. The van der Waals surface area contributed by atoms with Gasteiger partial charge in [-0.2, -0.15) is 18.4 Å². The number of carbonyl (C=O) groups excluding carboxylic acids is 2. The Hall–Kier alpha value is -2.40. The van der Waals surface area contributed by atoms with Crippen LogP contribution in [0.5, 0.6) is 0 Å². The number of nitrogens with one attached hydrogen (secondary N) is 1. The molecule has 124 valence electrons. The van der Waals surface area contributed by atoms with Crippen molar-refractivity contribution in [1.29, 1.82) is 5.26 Å². The van der Waals surface area contributed by atoms with Gasteiger partial charge in [0.1, 0.15) is 5.92 Å². The van der Waals surface area contributed by atoms with E-state index < -0.39 is 41.9 Å². The van der Waals surface area contributed by atoms with Gasteiger partial charge in [-0.3, -0.25) is 9.59 Å². The summed E-state index contributed by atoms with van der Waals surface area (Å²) in [4.78, 5) is 23.4. The molecule has 0 spiro atoms. The zero-order valence-electron chi connectivity index (χ0n) is 12.2. The molecular weight excluding hydrogens is 313 g/mol. The number of nitriles is 1. The Kier molecular flexibility index (Phi) is 6.28. The highest BCUT2D eigenvalue weighted by molar-refractivity contribution is 5.95. The molecule has 1 aromatic carbocycles.